The largest absolute Gasteiger partial charge is 0.366 e. The van der Waals surface area contributed by atoms with Gasteiger partial charge in [0.05, 0.1) is 0 Å². The predicted octanol–water partition coefficient (Wildman–Crippen LogP) is 1.51. The highest BCUT2D eigenvalue weighted by molar-refractivity contribution is 6.10. The summed E-state index contributed by atoms with van der Waals surface area (Å²) in [6, 6.07) is 13.0. The fourth-order valence-electron chi connectivity index (χ4n) is 4.02. The molecule has 1 heterocycles. The molecule has 2 aromatic rings. The molecule has 4 N–H and O–H groups in total. The summed E-state index contributed by atoms with van der Waals surface area (Å²) in [5.41, 5.74) is 6.68. The van der Waals surface area contributed by atoms with Crippen LogP contribution in [0.1, 0.15) is 34.3 Å². The van der Waals surface area contributed by atoms with E-state index in [1.165, 1.54) is 24.3 Å². The first-order valence-electron chi connectivity index (χ1n) is 9.33. The van der Waals surface area contributed by atoms with E-state index in [0.29, 0.717) is 17.7 Å². The van der Waals surface area contributed by atoms with Crippen LogP contribution >= 0.6 is 0 Å². The number of fused-ring (bicyclic) bond motifs is 2. The van der Waals surface area contributed by atoms with Crippen LogP contribution in [-0.4, -0.2) is 35.2 Å². The number of carbonyl (C=O) groups is 4. The van der Waals surface area contributed by atoms with Crippen molar-refractivity contribution >= 4 is 29.4 Å². The highest BCUT2D eigenvalue weighted by Gasteiger charge is 2.54. The summed E-state index contributed by atoms with van der Waals surface area (Å²) in [5.74, 6) is -1.49. The first kappa shape index (κ1) is 18.7. The molecule has 1 spiro atoms. The molecule has 148 valence electrons. The molecule has 1 atom stereocenters. The Hall–Kier alpha value is -3.68. The number of hydrogen-bond donors (Lipinski definition) is 3. The van der Waals surface area contributed by atoms with Crippen LogP contribution in [0.2, 0.25) is 0 Å². The van der Waals surface area contributed by atoms with Crippen molar-refractivity contribution in [1.29, 1.82) is 0 Å². The van der Waals surface area contributed by atoms with Crippen LogP contribution in [0, 0.1) is 0 Å². The van der Waals surface area contributed by atoms with Crippen LogP contribution in [0.3, 0.4) is 0 Å². The average Bonchev–Trinajstić information content (AvgIpc) is 2.93. The molecule has 5 amide bonds. The zero-order valence-corrected chi connectivity index (χ0v) is 15.6. The molecule has 1 aliphatic carbocycles. The molecule has 8 heteroatoms. The maximum absolute atomic E-state index is 13.2. The minimum Gasteiger partial charge on any atom is -0.366 e. The molecular weight excluding hydrogens is 372 g/mol. The Morgan fingerprint density at radius 2 is 1.83 bits per heavy atom. The maximum Gasteiger partial charge on any atom is 0.325 e. The monoisotopic (exact) mass is 392 g/mol. The summed E-state index contributed by atoms with van der Waals surface area (Å²) in [4.78, 5) is 50.2. The summed E-state index contributed by atoms with van der Waals surface area (Å²) < 4.78 is 0. The molecule has 29 heavy (non-hydrogen) atoms. The SMILES string of the molecule is NC(=O)c1ccc(NC(=O)CN2C(=O)N[C@@]3(CCCc4ccccc43)C2=O)cc1. The Kier molecular flexibility index (Phi) is 4.54. The fraction of sp³-hybridized carbons (Fsp3) is 0.238. The van der Waals surface area contributed by atoms with Crippen molar-refractivity contribution in [1.82, 2.24) is 10.2 Å². The van der Waals surface area contributed by atoms with E-state index in [1.807, 2.05) is 24.3 Å². The van der Waals surface area contributed by atoms with Crippen molar-refractivity contribution in [3.05, 3.63) is 65.2 Å². The standard InChI is InChI=1S/C21H20N4O4/c22-18(27)14-7-9-15(10-8-14)23-17(26)12-25-19(28)21(24-20(25)29)11-3-5-13-4-1-2-6-16(13)21/h1-2,4,6-10H,3,5,11-12H2,(H2,22,27)(H,23,26)(H,24,29)/t21-/m1/s1. The minimum absolute atomic E-state index is 0.315. The summed E-state index contributed by atoms with van der Waals surface area (Å²) in [6.45, 7) is -0.397. The number of aryl methyl sites for hydroxylation is 1. The van der Waals surface area contributed by atoms with E-state index in [4.69, 9.17) is 5.73 Å². The Balaban J connectivity index is 1.50. The maximum atomic E-state index is 13.2. The first-order valence-corrected chi connectivity index (χ1v) is 9.33. The van der Waals surface area contributed by atoms with E-state index in [2.05, 4.69) is 10.6 Å². The van der Waals surface area contributed by atoms with E-state index in [1.54, 1.807) is 0 Å². The number of urea groups is 1. The highest BCUT2D eigenvalue weighted by atomic mass is 16.2. The van der Waals surface area contributed by atoms with Gasteiger partial charge in [0.25, 0.3) is 5.91 Å². The van der Waals surface area contributed by atoms with Gasteiger partial charge in [-0.3, -0.25) is 19.3 Å². The van der Waals surface area contributed by atoms with E-state index >= 15 is 0 Å². The van der Waals surface area contributed by atoms with E-state index in [0.717, 1.165) is 28.9 Å². The number of nitrogens with zero attached hydrogens (tertiary/aromatic N) is 1. The molecule has 0 bridgehead atoms. The molecule has 1 aliphatic heterocycles. The number of amides is 5. The van der Waals surface area contributed by atoms with Crippen LogP contribution in [0.25, 0.3) is 0 Å². The molecule has 0 unspecified atom stereocenters. The van der Waals surface area contributed by atoms with Crippen LogP contribution in [-0.2, 0) is 21.5 Å². The topological polar surface area (TPSA) is 122 Å². The molecule has 2 aromatic carbocycles. The van der Waals surface area contributed by atoms with Gasteiger partial charge in [0.15, 0.2) is 0 Å². The van der Waals surface area contributed by atoms with Gasteiger partial charge >= 0.3 is 6.03 Å². The van der Waals surface area contributed by atoms with Crippen molar-refractivity contribution in [2.24, 2.45) is 5.73 Å². The van der Waals surface area contributed by atoms with Crippen molar-refractivity contribution in [3.8, 4) is 0 Å². The van der Waals surface area contributed by atoms with E-state index in [9.17, 15) is 19.2 Å². The van der Waals surface area contributed by atoms with Crippen LogP contribution < -0.4 is 16.4 Å². The van der Waals surface area contributed by atoms with Gasteiger partial charge in [0, 0.05) is 11.3 Å². The predicted molar refractivity (Wildman–Crippen MR) is 105 cm³/mol. The van der Waals surface area contributed by atoms with Gasteiger partial charge < -0.3 is 16.4 Å². The van der Waals surface area contributed by atoms with Crippen LogP contribution in [0.15, 0.2) is 48.5 Å². The number of nitrogens with two attached hydrogens (primary N) is 1. The summed E-state index contributed by atoms with van der Waals surface area (Å²) in [7, 11) is 0. The molecule has 1 fully saturated rings. The zero-order chi connectivity index (χ0) is 20.6. The van der Waals surface area contributed by atoms with E-state index < -0.39 is 35.8 Å². The Morgan fingerprint density at radius 1 is 1.10 bits per heavy atom. The van der Waals surface area contributed by atoms with Crippen molar-refractivity contribution in [2.45, 2.75) is 24.8 Å². The van der Waals surface area contributed by atoms with Gasteiger partial charge in [-0.15, -0.1) is 0 Å². The third-order valence-corrected chi connectivity index (χ3v) is 5.41. The summed E-state index contributed by atoms with van der Waals surface area (Å²) >= 11 is 0. The first-order chi connectivity index (χ1) is 13.9. The van der Waals surface area contributed by atoms with E-state index in [-0.39, 0.29) is 0 Å². The van der Waals surface area contributed by atoms with Crippen molar-refractivity contribution < 1.29 is 19.2 Å². The van der Waals surface area contributed by atoms with Gasteiger partial charge in [-0.25, -0.2) is 4.79 Å². The molecule has 1 saturated heterocycles. The van der Waals surface area contributed by atoms with Crippen molar-refractivity contribution in [3.63, 3.8) is 0 Å². The second-order valence-corrected chi connectivity index (χ2v) is 7.23. The number of primary amides is 1. The van der Waals surface area contributed by atoms with Crippen molar-refractivity contribution in [2.75, 3.05) is 11.9 Å². The molecule has 8 nitrogen and oxygen atoms in total. The average molecular weight is 392 g/mol. The number of benzene rings is 2. The van der Waals surface area contributed by atoms with Gasteiger partial charge in [-0.2, -0.15) is 0 Å². The molecule has 0 radical (unpaired) electrons. The summed E-state index contributed by atoms with van der Waals surface area (Å²) in [6.07, 6.45) is 2.12. The Morgan fingerprint density at radius 3 is 2.55 bits per heavy atom. The van der Waals surface area contributed by atoms with Crippen LogP contribution in [0.5, 0.6) is 0 Å². The second kappa shape index (κ2) is 7.05. The minimum atomic E-state index is -1.10. The lowest BCUT2D eigenvalue weighted by Crippen LogP contribution is -2.47. The lowest BCUT2D eigenvalue weighted by molar-refractivity contribution is -0.134. The highest BCUT2D eigenvalue weighted by Crippen LogP contribution is 2.39. The number of carbonyl (C=O) groups excluding carboxylic acids is 4. The van der Waals surface area contributed by atoms with Crippen LogP contribution in [0.4, 0.5) is 10.5 Å². The molecular formula is C21H20N4O4. The quantitative estimate of drug-likeness (QED) is 0.683. The third-order valence-electron chi connectivity index (χ3n) is 5.41. The molecule has 0 saturated carbocycles. The lowest BCUT2D eigenvalue weighted by Gasteiger charge is -2.33. The fourth-order valence-corrected chi connectivity index (χ4v) is 4.02. The number of nitrogens with one attached hydrogen (secondary N) is 2. The normalized spacial score (nSPS) is 20.3. The third kappa shape index (κ3) is 3.22. The molecule has 2 aliphatic rings. The number of hydrogen-bond acceptors (Lipinski definition) is 4. The number of anilines is 1. The zero-order valence-electron chi connectivity index (χ0n) is 15.6. The van der Waals surface area contributed by atoms with Gasteiger partial charge in [-0.1, -0.05) is 24.3 Å². The Bertz CT molecular complexity index is 1020. The lowest BCUT2D eigenvalue weighted by atomic mass is 9.76. The summed E-state index contributed by atoms with van der Waals surface area (Å²) in [5, 5.41) is 5.44. The van der Waals surface area contributed by atoms with Gasteiger partial charge in [-0.05, 0) is 54.7 Å². The second-order valence-electron chi connectivity index (χ2n) is 7.23. The Labute approximate surface area is 167 Å². The van der Waals surface area contributed by atoms with Gasteiger partial charge in [0.1, 0.15) is 12.1 Å². The number of imide groups is 1. The smallest absolute Gasteiger partial charge is 0.325 e. The number of rotatable bonds is 4. The molecule has 0 aromatic heterocycles. The molecule has 4 rings (SSSR count). The van der Waals surface area contributed by atoms with Gasteiger partial charge in [0.2, 0.25) is 11.8 Å².